The number of carbonyl (C=O) groups is 1. The van der Waals surface area contributed by atoms with Crippen molar-refractivity contribution in [2.45, 2.75) is 25.7 Å². The molecule has 1 fully saturated rings. The van der Waals surface area contributed by atoms with Gasteiger partial charge in [-0.1, -0.05) is 19.1 Å². The van der Waals surface area contributed by atoms with Gasteiger partial charge in [0, 0.05) is 4.88 Å². The van der Waals surface area contributed by atoms with Gasteiger partial charge in [-0.05, 0) is 55.9 Å². The number of hydrogen-bond donors (Lipinski definition) is 1. The third-order valence-electron chi connectivity index (χ3n) is 4.21. The molecule has 2 heterocycles. The van der Waals surface area contributed by atoms with Gasteiger partial charge in [-0.25, -0.2) is 0 Å². The number of nitrogens with one attached hydrogen (secondary N) is 1. The predicted molar refractivity (Wildman–Crippen MR) is 85.6 cm³/mol. The van der Waals surface area contributed by atoms with Crippen molar-refractivity contribution in [3.8, 4) is 0 Å². The maximum atomic E-state index is 10.7. The van der Waals surface area contributed by atoms with E-state index in [0.717, 1.165) is 18.6 Å². The van der Waals surface area contributed by atoms with Gasteiger partial charge in [0.25, 0.3) is 0 Å². The maximum absolute atomic E-state index is 10.7. The Hall–Kier alpha value is -1.39. The molecule has 0 atom stereocenters. The molecule has 3 rings (SSSR count). The van der Waals surface area contributed by atoms with Crippen molar-refractivity contribution in [2.24, 2.45) is 0 Å². The van der Waals surface area contributed by atoms with Crippen LogP contribution < -0.4 is 5.32 Å². The average molecular weight is 288 g/mol. The van der Waals surface area contributed by atoms with E-state index in [1.807, 2.05) is 23.5 Å². The van der Waals surface area contributed by atoms with Crippen LogP contribution in [0, 0.1) is 0 Å². The fourth-order valence-corrected chi connectivity index (χ4v) is 4.30. The molecule has 0 unspecified atom stereocenters. The van der Waals surface area contributed by atoms with Gasteiger partial charge < -0.3 is 10.2 Å². The van der Waals surface area contributed by atoms with Crippen molar-refractivity contribution < 1.29 is 4.79 Å². The number of nitrogens with zero attached hydrogens (tertiary/aromatic N) is 1. The molecule has 1 aliphatic heterocycles. The highest BCUT2D eigenvalue weighted by Gasteiger charge is 2.21. The molecule has 2 aromatic rings. The Balaban J connectivity index is 1.86. The van der Waals surface area contributed by atoms with Crippen molar-refractivity contribution in [3.63, 3.8) is 0 Å². The molecule has 1 aromatic heterocycles. The molecule has 1 N–H and O–H groups in total. The number of hydrogen-bond acceptors (Lipinski definition) is 3. The summed E-state index contributed by atoms with van der Waals surface area (Å²) in [4.78, 5) is 14.7. The van der Waals surface area contributed by atoms with E-state index in [0.29, 0.717) is 5.92 Å². The molecule has 0 aliphatic carbocycles. The Morgan fingerprint density at radius 3 is 2.90 bits per heavy atom. The van der Waals surface area contributed by atoms with E-state index in [-0.39, 0.29) is 0 Å². The van der Waals surface area contributed by atoms with Crippen molar-refractivity contribution in [1.29, 1.82) is 0 Å². The third-order valence-corrected chi connectivity index (χ3v) is 5.56. The number of thiophene rings is 1. The molecule has 3 nitrogen and oxygen atoms in total. The number of fused-ring (bicyclic) bond motifs is 1. The second-order valence-electron chi connectivity index (χ2n) is 5.34. The van der Waals surface area contributed by atoms with Crippen molar-refractivity contribution >= 4 is 33.5 Å². The molecule has 0 spiro atoms. The van der Waals surface area contributed by atoms with E-state index in [1.165, 1.54) is 40.9 Å². The second kappa shape index (κ2) is 5.94. The third kappa shape index (κ3) is 2.58. The number of rotatable bonds is 4. The first-order valence-corrected chi connectivity index (χ1v) is 8.08. The summed E-state index contributed by atoms with van der Waals surface area (Å²) in [5.74, 6) is 0.680. The van der Waals surface area contributed by atoms with E-state index < -0.39 is 0 Å². The summed E-state index contributed by atoms with van der Waals surface area (Å²) in [6, 6.07) is 8.41. The Labute approximate surface area is 123 Å². The summed E-state index contributed by atoms with van der Waals surface area (Å²) in [7, 11) is 0. The van der Waals surface area contributed by atoms with Gasteiger partial charge in [-0.15, -0.1) is 11.3 Å². The summed E-state index contributed by atoms with van der Waals surface area (Å²) in [5.41, 5.74) is 0.930. The van der Waals surface area contributed by atoms with Gasteiger partial charge in [-0.3, -0.25) is 4.79 Å². The lowest BCUT2D eigenvalue weighted by molar-refractivity contribution is -0.105. The fraction of sp³-hybridized carbons (Fsp3) is 0.438. The van der Waals surface area contributed by atoms with Gasteiger partial charge in [0.15, 0.2) is 0 Å². The molecule has 1 saturated heterocycles. The van der Waals surface area contributed by atoms with E-state index in [9.17, 15) is 4.79 Å². The van der Waals surface area contributed by atoms with Crippen LogP contribution >= 0.6 is 11.3 Å². The molecule has 0 bridgehead atoms. The van der Waals surface area contributed by atoms with Crippen LogP contribution in [-0.4, -0.2) is 30.9 Å². The van der Waals surface area contributed by atoms with E-state index in [2.05, 4.69) is 29.3 Å². The molecule has 1 aliphatic rings. The molecular formula is C16H20N2OS. The number of piperidine rings is 1. The van der Waals surface area contributed by atoms with Gasteiger partial charge >= 0.3 is 0 Å². The standard InChI is InChI=1S/C16H20N2OS/c1-2-18-8-6-12(7-9-18)15-10-13-4-3-5-14(17-11-19)16(13)20-15/h3-5,10-12H,2,6-9H2,1H3,(H,17,19). The number of carbonyl (C=O) groups excluding carboxylic acids is 1. The van der Waals surface area contributed by atoms with Crippen LogP contribution in [-0.2, 0) is 4.79 Å². The minimum absolute atomic E-state index is 0.680. The van der Waals surface area contributed by atoms with Crippen LogP contribution in [0.15, 0.2) is 24.3 Å². The molecule has 1 aromatic carbocycles. The monoisotopic (exact) mass is 288 g/mol. The van der Waals surface area contributed by atoms with Gasteiger partial charge in [0.2, 0.25) is 6.41 Å². The van der Waals surface area contributed by atoms with Crippen LogP contribution in [0.4, 0.5) is 5.69 Å². The summed E-state index contributed by atoms with van der Waals surface area (Å²) >= 11 is 1.84. The van der Waals surface area contributed by atoms with E-state index >= 15 is 0 Å². The van der Waals surface area contributed by atoms with E-state index in [4.69, 9.17) is 0 Å². The molecule has 20 heavy (non-hydrogen) atoms. The summed E-state index contributed by atoms with van der Waals surface area (Å²) in [6.45, 7) is 5.80. The van der Waals surface area contributed by atoms with Crippen LogP contribution in [0.3, 0.4) is 0 Å². The Morgan fingerprint density at radius 1 is 1.40 bits per heavy atom. The summed E-state index contributed by atoms with van der Waals surface area (Å²) in [5, 5.41) is 4.05. The Kier molecular flexibility index (Phi) is 4.03. The minimum Gasteiger partial charge on any atom is -0.327 e. The molecule has 106 valence electrons. The normalized spacial score (nSPS) is 17.4. The van der Waals surface area contributed by atoms with Crippen LogP contribution in [0.25, 0.3) is 10.1 Å². The van der Waals surface area contributed by atoms with Gasteiger partial charge in [-0.2, -0.15) is 0 Å². The highest BCUT2D eigenvalue weighted by molar-refractivity contribution is 7.19. The zero-order chi connectivity index (χ0) is 13.9. The van der Waals surface area contributed by atoms with Gasteiger partial charge in [0.1, 0.15) is 0 Å². The SMILES string of the molecule is CCN1CCC(c2cc3cccc(NC=O)c3s2)CC1. The van der Waals surface area contributed by atoms with E-state index in [1.54, 1.807) is 0 Å². The Bertz CT molecular complexity index is 600. The first-order valence-electron chi connectivity index (χ1n) is 7.26. The first kappa shape index (κ1) is 13.6. The molecule has 0 radical (unpaired) electrons. The molecule has 0 saturated carbocycles. The molecular weight excluding hydrogens is 268 g/mol. The highest BCUT2D eigenvalue weighted by atomic mass is 32.1. The first-order chi connectivity index (χ1) is 9.81. The van der Waals surface area contributed by atoms with Crippen molar-refractivity contribution in [1.82, 2.24) is 4.90 Å². The van der Waals surface area contributed by atoms with Crippen molar-refractivity contribution in [2.75, 3.05) is 25.0 Å². The summed E-state index contributed by atoms with van der Waals surface area (Å²) < 4.78 is 1.20. The second-order valence-corrected chi connectivity index (χ2v) is 6.43. The quantitative estimate of drug-likeness (QED) is 0.871. The number of benzene rings is 1. The van der Waals surface area contributed by atoms with Crippen LogP contribution in [0.1, 0.15) is 30.6 Å². The topological polar surface area (TPSA) is 32.3 Å². The van der Waals surface area contributed by atoms with Crippen LogP contribution in [0.5, 0.6) is 0 Å². The number of anilines is 1. The predicted octanol–water partition coefficient (Wildman–Crippen LogP) is 3.67. The zero-order valence-electron chi connectivity index (χ0n) is 11.8. The number of amides is 1. The molecule has 4 heteroatoms. The zero-order valence-corrected chi connectivity index (χ0v) is 12.6. The average Bonchev–Trinajstić information content (AvgIpc) is 2.93. The summed E-state index contributed by atoms with van der Waals surface area (Å²) in [6.07, 6.45) is 3.25. The largest absolute Gasteiger partial charge is 0.327 e. The maximum Gasteiger partial charge on any atom is 0.211 e. The number of likely N-dealkylation sites (tertiary alicyclic amines) is 1. The highest BCUT2D eigenvalue weighted by Crippen LogP contribution is 2.39. The van der Waals surface area contributed by atoms with Crippen LogP contribution in [0.2, 0.25) is 0 Å². The Morgan fingerprint density at radius 2 is 2.20 bits per heavy atom. The fourth-order valence-electron chi connectivity index (χ4n) is 3.00. The van der Waals surface area contributed by atoms with Crippen molar-refractivity contribution in [3.05, 3.63) is 29.1 Å². The van der Waals surface area contributed by atoms with Gasteiger partial charge in [0.05, 0.1) is 10.4 Å². The lowest BCUT2D eigenvalue weighted by Gasteiger charge is -2.30. The lowest BCUT2D eigenvalue weighted by Crippen LogP contribution is -2.32. The molecule has 1 amide bonds. The lowest BCUT2D eigenvalue weighted by atomic mass is 9.95. The minimum atomic E-state index is 0.680. The smallest absolute Gasteiger partial charge is 0.211 e.